The maximum Gasteiger partial charge on any atom is 0.0728 e. The SMILES string of the molecule is CC(C)Nc1cnn(C)c1. The van der Waals surface area contributed by atoms with Gasteiger partial charge in [0.2, 0.25) is 0 Å². The quantitative estimate of drug-likeness (QED) is 0.668. The molecule has 1 N–H and O–H groups in total. The van der Waals surface area contributed by atoms with Gasteiger partial charge in [-0.1, -0.05) is 0 Å². The Balaban J connectivity index is 2.58. The predicted molar refractivity (Wildman–Crippen MR) is 42.0 cm³/mol. The number of hydrogen-bond acceptors (Lipinski definition) is 2. The van der Waals surface area contributed by atoms with Crippen molar-refractivity contribution >= 4 is 5.69 Å². The van der Waals surface area contributed by atoms with Crippen LogP contribution in [-0.4, -0.2) is 15.8 Å². The fraction of sp³-hybridized carbons (Fsp3) is 0.571. The van der Waals surface area contributed by atoms with Crippen molar-refractivity contribution in [2.45, 2.75) is 19.9 Å². The number of nitrogens with one attached hydrogen (secondary N) is 1. The molecule has 0 radical (unpaired) electrons. The minimum absolute atomic E-state index is 0.476. The highest BCUT2D eigenvalue weighted by atomic mass is 15.3. The van der Waals surface area contributed by atoms with Crippen LogP contribution in [0.15, 0.2) is 12.4 Å². The second-order valence-corrected chi connectivity index (χ2v) is 2.70. The zero-order valence-corrected chi connectivity index (χ0v) is 6.63. The number of anilines is 1. The van der Waals surface area contributed by atoms with E-state index in [0.717, 1.165) is 5.69 Å². The van der Waals surface area contributed by atoms with Crippen LogP contribution in [0.25, 0.3) is 0 Å². The number of aromatic nitrogens is 2. The van der Waals surface area contributed by atoms with Crippen LogP contribution in [0.4, 0.5) is 5.69 Å². The van der Waals surface area contributed by atoms with Crippen molar-refractivity contribution in [3.05, 3.63) is 12.4 Å². The number of aryl methyl sites for hydroxylation is 1. The summed E-state index contributed by atoms with van der Waals surface area (Å²) < 4.78 is 1.78. The summed E-state index contributed by atoms with van der Waals surface area (Å²) in [5.41, 5.74) is 1.08. The molecule has 0 amide bonds. The van der Waals surface area contributed by atoms with Gasteiger partial charge < -0.3 is 5.32 Å². The minimum atomic E-state index is 0.476. The van der Waals surface area contributed by atoms with Gasteiger partial charge in [0, 0.05) is 19.3 Å². The maximum absolute atomic E-state index is 4.02. The van der Waals surface area contributed by atoms with E-state index in [2.05, 4.69) is 24.3 Å². The molecular formula is C7H13N3. The summed E-state index contributed by atoms with van der Waals surface area (Å²) in [4.78, 5) is 0. The number of hydrogen-bond donors (Lipinski definition) is 1. The first kappa shape index (κ1) is 7.12. The Morgan fingerprint density at radius 1 is 1.60 bits per heavy atom. The van der Waals surface area contributed by atoms with Crippen LogP contribution < -0.4 is 5.32 Å². The lowest BCUT2D eigenvalue weighted by atomic mass is 10.4. The molecule has 0 aliphatic heterocycles. The maximum atomic E-state index is 4.02. The summed E-state index contributed by atoms with van der Waals surface area (Å²) in [5, 5.41) is 7.27. The van der Waals surface area contributed by atoms with Gasteiger partial charge in [-0.25, -0.2) is 0 Å². The molecule has 0 aliphatic rings. The molecule has 3 nitrogen and oxygen atoms in total. The van der Waals surface area contributed by atoms with Crippen molar-refractivity contribution in [2.75, 3.05) is 5.32 Å². The molecule has 0 aromatic carbocycles. The average Bonchev–Trinajstić information content (AvgIpc) is 2.13. The summed E-state index contributed by atoms with van der Waals surface area (Å²) in [6.07, 6.45) is 3.78. The first-order chi connectivity index (χ1) is 4.68. The summed E-state index contributed by atoms with van der Waals surface area (Å²) in [5.74, 6) is 0. The van der Waals surface area contributed by atoms with Gasteiger partial charge in [-0.15, -0.1) is 0 Å². The van der Waals surface area contributed by atoms with E-state index in [1.165, 1.54) is 0 Å². The standard InChI is InChI=1S/C7H13N3/c1-6(2)9-7-4-8-10(3)5-7/h4-6,9H,1-3H3. The van der Waals surface area contributed by atoms with Crippen molar-refractivity contribution in [1.82, 2.24) is 9.78 Å². The summed E-state index contributed by atoms with van der Waals surface area (Å²) in [6, 6.07) is 0.476. The molecular weight excluding hydrogens is 126 g/mol. The number of rotatable bonds is 2. The summed E-state index contributed by atoms with van der Waals surface area (Å²) >= 11 is 0. The van der Waals surface area contributed by atoms with Gasteiger partial charge in [0.25, 0.3) is 0 Å². The third kappa shape index (κ3) is 1.76. The van der Waals surface area contributed by atoms with E-state index in [4.69, 9.17) is 0 Å². The fourth-order valence-electron chi connectivity index (χ4n) is 0.829. The third-order valence-electron chi connectivity index (χ3n) is 1.16. The van der Waals surface area contributed by atoms with E-state index >= 15 is 0 Å². The second kappa shape index (κ2) is 2.73. The second-order valence-electron chi connectivity index (χ2n) is 2.70. The van der Waals surface area contributed by atoms with Gasteiger partial charge in [-0.2, -0.15) is 5.10 Å². The topological polar surface area (TPSA) is 29.9 Å². The van der Waals surface area contributed by atoms with Gasteiger partial charge in [0.05, 0.1) is 11.9 Å². The molecule has 10 heavy (non-hydrogen) atoms. The predicted octanol–water partition coefficient (Wildman–Crippen LogP) is 1.24. The average molecular weight is 139 g/mol. The fourth-order valence-corrected chi connectivity index (χ4v) is 0.829. The molecule has 1 rings (SSSR count). The van der Waals surface area contributed by atoms with E-state index in [0.29, 0.717) is 6.04 Å². The molecule has 0 aliphatic carbocycles. The van der Waals surface area contributed by atoms with Gasteiger partial charge >= 0.3 is 0 Å². The Labute approximate surface area is 61.0 Å². The van der Waals surface area contributed by atoms with Gasteiger partial charge in [-0.3, -0.25) is 4.68 Å². The smallest absolute Gasteiger partial charge is 0.0728 e. The molecule has 56 valence electrons. The lowest BCUT2D eigenvalue weighted by Gasteiger charge is -2.04. The van der Waals surface area contributed by atoms with Crippen LogP contribution in [0.2, 0.25) is 0 Å². The molecule has 3 heteroatoms. The Hall–Kier alpha value is -0.990. The van der Waals surface area contributed by atoms with E-state index < -0.39 is 0 Å². The van der Waals surface area contributed by atoms with E-state index in [1.54, 1.807) is 4.68 Å². The highest BCUT2D eigenvalue weighted by molar-refractivity contribution is 5.38. The zero-order valence-electron chi connectivity index (χ0n) is 6.63. The molecule has 1 heterocycles. The van der Waals surface area contributed by atoms with E-state index in [-0.39, 0.29) is 0 Å². The normalized spacial score (nSPS) is 10.4. The van der Waals surface area contributed by atoms with Crippen molar-refractivity contribution in [3.63, 3.8) is 0 Å². The van der Waals surface area contributed by atoms with Crippen molar-refractivity contribution in [2.24, 2.45) is 7.05 Å². The lowest BCUT2D eigenvalue weighted by Crippen LogP contribution is -2.08. The zero-order chi connectivity index (χ0) is 7.56. The van der Waals surface area contributed by atoms with Crippen molar-refractivity contribution in [1.29, 1.82) is 0 Å². The van der Waals surface area contributed by atoms with Crippen LogP contribution in [0, 0.1) is 0 Å². The highest BCUT2D eigenvalue weighted by Gasteiger charge is 1.95. The van der Waals surface area contributed by atoms with Crippen LogP contribution in [0.1, 0.15) is 13.8 Å². The van der Waals surface area contributed by atoms with Crippen LogP contribution in [-0.2, 0) is 7.05 Å². The lowest BCUT2D eigenvalue weighted by molar-refractivity contribution is 0.767. The molecule has 0 spiro atoms. The summed E-state index contributed by atoms with van der Waals surface area (Å²) in [7, 11) is 1.91. The molecule has 0 unspecified atom stereocenters. The van der Waals surface area contributed by atoms with Crippen LogP contribution in [0.5, 0.6) is 0 Å². The van der Waals surface area contributed by atoms with Crippen LogP contribution >= 0.6 is 0 Å². The minimum Gasteiger partial charge on any atom is -0.380 e. The highest BCUT2D eigenvalue weighted by Crippen LogP contribution is 2.04. The van der Waals surface area contributed by atoms with E-state index in [9.17, 15) is 0 Å². The molecule has 0 atom stereocenters. The Morgan fingerprint density at radius 2 is 2.30 bits per heavy atom. The molecule has 1 aromatic heterocycles. The molecule has 0 saturated carbocycles. The Kier molecular flexibility index (Phi) is 1.94. The largest absolute Gasteiger partial charge is 0.380 e. The third-order valence-corrected chi connectivity index (χ3v) is 1.16. The first-order valence-electron chi connectivity index (χ1n) is 3.43. The number of nitrogens with zero attached hydrogens (tertiary/aromatic N) is 2. The van der Waals surface area contributed by atoms with Crippen molar-refractivity contribution in [3.8, 4) is 0 Å². The first-order valence-corrected chi connectivity index (χ1v) is 3.43. The van der Waals surface area contributed by atoms with Crippen LogP contribution in [0.3, 0.4) is 0 Å². The monoisotopic (exact) mass is 139 g/mol. The molecule has 0 saturated heterocycles. The van der Waals surface area contributed by atoms with Gasteiger partial charge in [-0.05, 0) is 13.8 Å². The molecule has 1 aromatic rings. The van der Waals surface area contributed by atoms with Crippen molar-refractivity contribution < 1.29 is 0 Å². The molecule has 0 fully saturated rings. The molecule has 0 bridgehead atoms. The summed E-state index contributed by atoms with van der Waals surface area (Å²) in [6.45, 7) is 4.21. The van der Waals surface area contributed by atoms with Gasteiger partial charge in [0.15, 0.2) is 0 Å². The van der Waals surface area contributed by atoms with E-state index in [1.807, 2.05) is 19.4 Å². The van der Waals surface area contributed by atoms with Gasteiger partial charge in [0.1, 0.15) is 0 Å². The Bertz CT molecular complexity index is 202. The Morgan fingerprint density at radius 3 is 2.70 bits per heavy atom.